The standard InChI is InChI=1S/C16H21N3O3S2/c1-10-2-3-12-11(8-10)9-13(24-12)15(21)18-17-14(20)4-5-19-6-7-23-16(19)22/h9-10H,2-8H2,1H3,(H,17,20)(H,18,21)/t10-/m1/s1. The van der Waals surface area contributed by atoms with Gasteiger partial charge in [0.25, 0.3) is 11.1 Å². The van der Waals surface area contributed by atoms with Gasteiger partial charge in [-0.05, 0) is 36.8 Å². The number of aryl methyl sites for hydroxylation is 1. The van der Waals surface area contributed by atoms with E-state index in [0.29, 0.717) is 23.9 Å². The van der Waals surface area contributed by atoms with E-state index >= 15 is 0 Å². The molecule has 24 heavy (non-hydrogen) atoms. The van der Waals surface area contributed by atoms with Gasteiger partial charge >= 0.3 is 0 Å². The zero-order chi connectivity index (χ0) is 17.1. The molecule has 130 valence electrons. The molecule has 3 rings (SSSR count). The third-order valence-electron chi connectivity index (χ3n) is 4.32. The van der Waals surface area contributed by atoms with Crippen LogP contribution in [0.4, 0.5) is 4.79 Å². The van der Waals surface area contributed by atoms with Gasteiger partial charge in [0.1, 0.15) is 0 Å². The van der Waals surface area contributed by atoms with Crippen molar-refractivity contribution in [2.45, 2.75) is 32.6 Å². The van der Waals surface area contributed by atoms with Gasteiger partial charge in [-0.3, -0.25) is 25.2 Å². The summed E-state index contributed by atoms with van der Waals surface area (Å²) in [5.74, 6) is 0.874. The van der Waals surface area contributed by atoms with Crippen molar-refractivity contribution in [2.24, 2.45) is 5.92 Å². The molecule has 1 aliphatic carbocycles. The number of nitrogens with zero attached hydrogens (tertiary/aromatic N) is 1. The van der Waals surface area contributed by atoms with Crippen LogP contribution >= 0.6 is 23.1 Å². The Balaban J connectivity index is 1.45. The molecule has 0 saturated carbocycles. The van der Waals surface area contributed by atoms with Gasteiger partial charge in [0, 0.05) is 30.1 Å². The molecule has 0 unspecified atom stereocenters. The van der Waals surface area contributed by atoms with Crippen LogP contribution in [0, 0.1) is 5.92 Å². The number of hydrogen-bond acceptors (Lipinski definition) is 5. The van der Waals surface area contributed by atoms with Crippen molar-refractivity contribution in [3.63, 3.8) is 0 Å². The van der Waals surface area contributed by atoms with E-state index in [0.717, 1.165) is 18.6 Å². The Kier molecular flexibility index (Phi) is 5.45. The fraction of sp³-hybridized carbons (Fsp3) is 0.562. The number of thioether (sulfide) groups is 1. The summed E-state index contributed by atoms with van der Waals surface area (Å²) in [7, 11) is 0. The van der Waals surface area contributed by atoms with Crippen molar-refractivity contribution >= 4 is 40.2 Å². The Morgan fingerprint density at radius 3 is 2.96 bits per heavy atom. The van der Waals surface area contributed by atoms with E-state index in [1.807, 2.05) is 6.07 Å². The highest BCUT2D eigenvalue weighted by molar-refractivity contribution is 8.13. The molecule has 1 fully saturated rings. The number of nitrogens with one attached hydrogen (secondary N) is 2. The predicted octanol–water partition coefficient (Wildman–Crippen LogP) is 2.19. The first-order chi connectivity index (χ1) is 11.5. The lowest BCUT2D eigenvalue weighted by Gasteiger charge is -2.16. The van der Waals surface area contributed by atoms with Gasteiger partial charge in [-0.2, -0.15) is 0 Å². The van der Waals surface area contributed by atoms with Gasteiger partial charge in [-0.15, -0.1) is 11.3 Å². The summed E-state index contributed by atoms with van der Waals surface area (Å²) in [6.45, 7) is 3.30. The minimum atomic E-state index is -0.289. The minimum absolute atomic E-state index is 0.0187. The van der Waals surface area contributed by atoms with Gasteiger partial charge in [-0.25, -0.2) is 0 Å². The van der Waals surface area contributed by atoms with Crippen LogP contribution in [0.5, 0.6) is 0 Å². The van der Waals surface area contributed by atoms with Gasteiger partial charge in [0.2, 0.25) is 5.91 Å². The summed E-state index contributed by atoms with van der Waals surface area (Å²) in [6.07, 6.45) is 3.40. The Bertz CT molecular complexity index is 659. The molecule has 2 heterocycles. The van der Waals surface area contributed by atoms with Gasteiger partial charge in [0.15, 0.2) is 0 Å². The summed E-state index contributed by atoms with van der Waals surface area (Å²) in [4.78, 5) is 39.0. The van der Waals surface area contributed by atoms with Crippen LogP contribution in [0.15, 0.2) is 6.07 Å². The molecule has 1 aromatic rings. The third kappa shape index (κ3) is 4.10. The van der Waals surface area contributed by atoms with Gasteiger partial charge in [0.05, 0.1) is 4.88 Å². The number of carbonyl (C=O) groups is 3. The number of hydrazine groups is 1. The van der Waals surface area contributed by atoms with Crippen molar-refractivity contribution in [1.29, 1.82) is 0 Å². The van der Waals surface area contributed by atoms with E-state index in [-0.39, 0.29) is 23.5 Å². The van der Waals surface area contributed by atoms with Crippen molar-refractivity contribution in [1.82, 2.24) is 15.8 Å². The SMILES string of the molecule is C[C@@H]1CCc2sc(C(=O)NNC(=O)CCN3CCSC3=O)cc2C1. The second kappa shape index (κ2) is 7.57. The summed E-state index contributed by atoms with van der Waals surface area (Å²) in [5, 5.41) is 0.0187. The molecule has 6 nitrogen and oxygen atoms in total. The number of rotatable bonds is 4. The van der Waals surface area contributed by atoms with E-state index < -0.39 is 0 Å². The molecule has 0 aromatic carbocycles. The molecule has 1 saturated heterocycles. The number of fused-ring (bicyclic) bond motifs is 1. The monoisotopic (exact) mass is 367 g/mol. The van der Waals surface area contributed by atoms with Crippen LogP contribution in [0.2, 0.25) is 0 Å². The maximum Gasteiger partial charge on any atom is 0.281 e. The van der Waals surface area contributed by atoms with Crippen molar-refractivity contribution in [2.75, 3.05) is 18.8 Å². The average molecular weight is 367 g/mol. The van der Waals surface area contributed by atoms with E-state index in [4.69, 9.17) is 0 Å². The lowest BCUT2D eigenvalue weighted by atomic mass is 9.90. The van der Waals surface area contributed by atoms with Gasteiger partial charge in [-0.1, -0.05) is 18.7 Å². The maximum absolute atomic E-state index is 12.2. The Labute approximate surface area is 149 Å². The summed E-state index contributed by atoms with van der Waals surface area (Å²) >= 11 is 2.78. The highest BCUT2D eigenvalue weighted by Gasteiger charge is 2.22. The third-order valence-corrected chi connectivity index (χ3v) is 6.45. The van der Waals surface area contributed by atoms with E-state index in [9.17, 15) is 14.4 Å². The quantitative estimate of drug-likeness (QED) is 0.800. The lowest BCUT2D eigenvalue weighted by Crippen LogP contribution is -2.42. The average Bonchev–Trinajstić information content (AvgIpc) is 3.16. The largest absolute Gasteiger partial charge is 0.332 e. The minimum Gasteiger partial charge on any atom is -0.332 e. The molecule has 0 spiro atoms. The van der Waals surface area contributed by atoms with Gasteiger partial charge < -0.3 is 4.90 Å². The molecule has 8 heteroatoms. The Morgan fingerprint density at radius 1 is 1.38 bits per heavy atom. The number of hydrogen-bond donors (Lipinski definition) is 2. The molecule has 0 bridgehead atoms. The highest BCUT2D eigenvalue weighted by Crippen LogP contribution is 2.32. The van der Waals surface area contributed by atoms with Crippen LogP contribution in [-0.2, 0) is 17.6 Å². The lowest BCUT2D eigenvalue weighted by molar-refractivity contribution is -0.122. The topological polar surface area (TPSA) is 78.5 Å². The second-order valence-electron chi connectivity index (χ2n) is 6.26. The number of amides is 3. The van der Waals surface area contributed by atoms with E-state index in [1.54, 1.807) is 4.90 Å². The zero-order valence-corrected chi connectivity index (χ0v) is 15.2. The van der Waals surface area contributed by atoms with E-state index in [2.05, 4.69) is 17.8 Å². The molecule has 1 aromatic heterocycles. The first-order valence-electron chi connectivity index (χ1n) is 8.15. The zero-order valence-electron chi connectivity index (χ0n) is 13.6. The van der Waals surface area contributed by atoms with Crippen LogP contribution in [0.25, 0.3) is 0 Å². The van der Waals surface area contributed by atoms with Crippen molar-refractivity contribution in [3.05, 3.63) is 21.4 Å². The normalized spacial score (nSPS) is 20.0. The molecule has 0 radical (unpaired) electrons. The predicted molar refractivity (Wildman–Crippen MR) is 95.2 cm³/mol. The Hall–Kier alpha value is -1.54. The summed E-state index contributed by atoms with van der Waals surface area (Å²) in [6, 6.07) is 1.94. The van der Waals surface area contributed by atoms with Crippen molar-refractivity contribution < 1.29 is 14.4 Å². The van der Waals surface area contributed by atoms with E-state index in [1.165, 1.54) is 40.0 Å². The fourth-order valence-electron chi connectivity index (χ4n) is 2.93. The maximum atomic E-state index is 12.2. The fourth-order valence-corrected chi connectivity index (χ4v) is 4.89. The molecule has 2 N–H and O–H groups in total. The van der Waals surface area contributed by atoms with Crippen molar-refractivity contribution in [3.8, 4) is 0 Å². The number of carbonyl (C=O) groups excluding carboxylic acids is 3. The smallest absolute Gasteiger partial charge is 0.281 e. The molecule has 3 amide bonds. The van der Waals surface area contributed by atoms with Crippen LogP contribution in [0.1, 0.15) is 39.9 Å². The molecule has 1 atom stereocenters. The number of thiophene rings is 1. The van der Waals surface area contributed by atoms with Crippen LogP contribution in [0.3, 0.4) is 0 Å². The summed E-state index contributed by atoms with van der Waals surface area (Å²) < 4.78 is 0. The molecular weight excluding hydrogens is 346 g/mol. The molecule has 1 aliphatic heterocycles. The second-order valence-corrected chi connectivity index (χ2v) is 8.44. The van der Waals surface area contributed by atoms with Crippen LogP contribution in [-0.4, -0.2) is 40.8 Å². The molecule has 2 aliphatic rings. The highest BCUT2D eigenvalue weighted by atomic mass is 32.2. The first kappa shape index (κ1) is 17.3. The first-order valence-corrected chi connectivity index (χ1v) is 9.95. The summed E-state index contributed by atoms with van der Waals surface area (Å²) in [5.41, 5.74) is 6.17. The van der Waals surface area contributed by atoms with Crippen LogP contribution < -0.4 is 10.9 Å². The molecular formula is C16H21N3O3S2. The Morgan fingerprint density at radius 2 is 2.21 bits per heavy atom.